The summed E-state index contributed by atoms with van der Waals surface area (Å²) in [5.74, 6) is 0. The topological polar surface area (TPSA) is 32.3 Å². The van der Waals surface area contributed by atoms with Crippen LogP contribution in [-0.2, 0) is 0 Å². The first-order valence-electron chi connectivity index (χ1n) is 5.76. The van der Waals surface area contributed by atoms with Crippen molar-refractivity contribution in [2.24, 2.45) is 5.41 Å². The van der Waals surface area contributed by atoms with Crippen LogP contribution in [0.1, 0.15) is 53.9 Å². The van der Waals surface area contributed by atoms with Gasteiger partial charge in [0.2, 0.25) is 0 Å². The molecule has 0 aromatic carbocycles. The minimum absolute atomic E-state index is 0.379. The molecule has 0 aliphatic heterocycles. The molecule has 0 aliphatic carbocycles. The van der Waals surface area contributed by atoms with Crippen molar-refractivity contribution in [3.05, 3.63) is 0 Å². The van der Waals surface area contributed by atoms with Crippen molar-refractivity contribution in [3.63, 3.8) is 0 Å². The van der Waals surface area contributed by atoms with Gasteiger partial charge in [-0.3, -0.25) is 0 Å². The molecule has 0 saturated heterocycles. The second-order valence-corrected chi connectivity index (χ2v) is 5.42. The molecule has 2 N–H and O–H groups in total. The molecule has 0 saturated carbocycles. The van der Waals surface area contributed by atoms with Gasteiger partial charge < -0.3 is 10.4 Å². The molecule has 0 aromatic rings. The van der Waals surface area contributed by atoms with E-state index in [-0.39, 0.29) is 0 Å². The van der Waals surface area contributed by atoms with Crippen LogP contribution < -0.4 is 5.32 Å². The van der Waals surface area contributed by atoms with E-state index < -0.39 is 5.60 Å². The summed E-state index contributed by atoms with van der Waals surface area (Å²) in [5, 5.41) is 13.3. The van der Waals surface area contributed by atoms with E-state index in [0.717, 1.165) is 32.4 Å². The van der Waals surface area contributed by atoms with Crippen LogP contribution in [0.2, 0.25) is 0 Å². The lowest BCUT2D eigenvalue weighted by atomic mass is 9.92. The van der Waals surface area contributed by atoms with Crippen molar-refractivity contribution >= 4 is 0 Å². The van der Waals surface area contributed by atoms with Crippen LogP contribution in [0.5, 0.6) is 0 Å². The van der Waals surface area contributed by atoms with E-state index in [1.54, 1.807) is 0 Å². The summed E-state index contributed by atoms with van der Waals surface area (Å²) in [6, 6.07) is 0. The summed E-state index contributed by atoms with van der Waals surface area (Å²) in [4.78, 5) is 0. The molecule has 0 aromatic heterocycles. The van der Waals surface area contributed by atoms with Gasteiger partial charge in [0.05, 0.1) is 5.60 Å². The molecule has 2 nitrogen and oxygen atoms in total. The average molecular weight is 201 g/mol. The average Bonchev–Trinajstić information content (AvgIpc) is 2.11. The molecule has 0 bridgehead atoms. The molecule has 0 unspecified atom stereocenters. The third-order valence-electron chi connectivity index (χ3n) is 2.82. The number of hydrogen-bond acceptors (Lipinski definition) is 2. The SMILES string of the molecule is CCC(O)(CC)CNCCC(C)(C)C. The van der Waals surface area contributed by atoms with Gasteiger partial charge in [0.1, 0.15) is 0 Å². The first kappa shape index (κ1) is 13.9. The highest BCUT2D eigenvalue weighted by molar-refractivity contribution is 4.77. The first-order valence-corrected chi connectivity index (χ1v) is 5.76. The number of aliphatic hydroxyl groups is 1. The molecule has 0 heterocycles. The minimum Gasteiger partial charge on any atom is -0.389 e. The zero-order chi connectivity index (χ0) is 11.2. The van der Waals surface area contributed by atoms with Gasteiger partial charge in [-0.25, -0.2) is 0 Å². The van der Waals surface area contributed by atoms with E-state index in [9.17, 15) is 5.11 Å². The van der Waals surface area contributed by atoms with Gasteiger partial charge in [-0.2, -0.15) is 0 Å². The van der Waals surface area contributed by atoms with Crippen LogP contribution in [0.15, 0.2) is 0 Å². The molecular formula is C12H27NO. The van der Waals surface area contributed by atoms with Gasteiger partial charge in [0.15, 0.2) is 0 Å². The summed E-state index contributed by atoms with van der Waals surface area (Å²) < 4.78 is 0. The van der Waals surface area contributed by atoms with Crippen LogP contribution in [0.25, 0.3) is 0 Å². The summed E-state index contributed by atoms with van der Waals surface area (Å²) in [6.07, 6.45) is 2.80. The van der Waals surface area contributed by atoms with Crippen LogP contribution in [0, 0.1) is 5.41 Å². The predicted octanol–water partition coefficient (Wildman–Crippen LogP) is 2.56. The number of nitrogens with one attached hydrogen (secondary N) is 1. The van der Waals surface area contributed by atoms with Crippen molar-refractivity contribution in [2.75, 3.05) is 13.1 Å². The lowest BCUT2D eigenvalue weighted by Gasteiger charge is -2.26. The highest BCUT2D eigenvalue weighted by Crippen LogP contribution is 2.17. The molecule has 2 heteroatoms. The maximum absolute atomic E-state index is 10.00. The minimum atomic E-state index is -0.502. The Bertz CT molecular complexity index is 145. The van der Waals surface area contributed by atoms with Crippen molar-refractivity contribution < 1.29 is 5.11 Å². The van der Waals surface area contributed by atoms with E-state index in [0.29, 0.717) is 5.41 Å². The maximum atomic E-state index is 10.00. The second kappa shape index (κ2) is 5.72. The highest BCUT2D eigenvalue weighted by Gasteiger charge is 2.21. The first-order chi connectivity index (χ1) is 6.33. The van der Waals surface area contributed by atoms with E-state index >= 15 is 0 Å². The summed E-state index contributed by atoms with van der Waals surface area (Å²) in [6.45, 7) is 12.5. The molecule has 0 fully saturated rings. The van der Waals surface area contributed by atoms with Crippen LogP contribution >= 0.6 is 0 Å². The van der Waals surface area contributed by atoms with E-state index in [1.165, 1.54) is 0 Å². The predicted molar refractivity (Wildman–Crippen MR) is 62.5 cm³/mol. The van der Waals surface area contributed by atoms with E-state index in [2.05, 4.69) is 26.1 Å². The van der Waals surface area contributed by atoms with Gasteiger partial charge in [-0.15, -0.1) is 0 Å². The number of rotatable bonds is 6. The third-order valence-corrected chi connectivity index (χ3v) is 2.82. The van der Waals surface area contributed by atoms with Gasteiger partial charge in [-0.1, -0.05) is 34.6 Å². The Hall–Kier alpha value is -0.0800. The highest BCUT2D eigenvalue weighted by atomic mass is 16.3. The molecule has 0 rings (SSSR count). The van der Waals surface area contributed by atoms with Gasteiger partial charge >= 0.3 is 0 Å². The summed E-state index contributed by atoms with van der Waals surface area (Å²) >= 11 is 0. The Morgan fingerprint density at radius 1 is 1.07 bits per heavy atom. The fourth-order valence-corrected chi connectivity index (χ4v) is 1.28. The zero-order valence-corrected chi connectivity index (χ0v) is 10.5. The molecule has 0 aliphatic rings. The smallest absolute Gasteiger partial charge is 0.0766 e. The summed E-state index contributed by atoms with van der Waals surface area (Å²) in [5.41, 5.74) is -0.124. The van der Waals surface area contributed by atoms with Crippen molar-refractivity contribution in [2.45, 2.75) is 59.5 Å². The van der Waals surface area contributed by atoms with Crippen LogP contribution in [-0.4, -0.2) is 23.8 Å². The third kappa shape index (κ3) is 6.39. The summed E-state index contributed by atoms with van der Waals surface area (Å²) in [7, 11) is 0. The molecule has 86 valence electrons. The Labute approximate surface area is 89.1 Å². The molecule has 0 amide bonds. The van der Waals surface area contributed by atoms with Crippen molar-refractivity contribution in [1.82, 2.24) is 5.32 Å². The van der Waals surface area contributed by atoms with Crippen molar-refractivity contribution in [3.8, 4) is 0 Å². The van der Waals surface area contributed by atoms with Gasteiger partial charge in [0.25, 0.3) is 0 Å². The standard InChI is InChI=1S/C12H27NO/c1-6-12(14,7-2)10-13-9-8-11(3,4)5/h13-14H,6-10H2,1-5H3. The quantitative estimate of drug-likeness (QED) is 0.647. The molecule has 0 spiro atoms. The Morgan fingerprint density at radius 2 is 1.57 bits per heavy atom. The second-order valence-electron chi connectivity index (χ2n) is 5.42. The fraction of sp³-hybridized carbons (Fsp3) is 1.00. The van der Waals surface area contributed by atoms with E-state index in [4.69, 9.17) is 0 Å². The maximum Gasteiger partial charge on any atom is 0.0766 e. The molecular weight excluding hydrogens is 174 g/mol. The van der Waals surface area contributed by atoms with Gasteiger partial charge in [0, 0.05) is 6.54 Å². The monoisotopic (exact) mass is 201 g/mol. The molecule has 0 radical (unpaired) electrons. The van der Waals surface area contributed by atoms with Crippen molar-refractivity contribution in [1.29, 1.82) is 0 Å². The zero-order valence-electron chi connectivity index (χ0n) is 10.5. The van der Waals surface area contributed by atoms with Crippen LogP contribution in [0.3, 0.4) is 0 Å². The lowest BCUT2D eigenvalue weighted by molar-refractivity contribution is 0.0321. The molecule has 14 heavy (non-hydrogen) atoms. The number of hydrogen-bond donors (Lipinski definition) is 2. The Balaban J connectivity index is 3.63. The Kier molecular flexibility index (Phi) is 5.68. The Morgan fingerprint density at radius 3 is 1.93 bits per heavy atom. The normalized spacial score (nSPS) is 13.3. The lowest BCUT2D eigenvalue weighted by Crippen LogP contribution is -2.40. The van der Waals surface area contributed by atoms with Crippen LogP contribution in [0.4, 0.5) is 0 Å². The molecule has 0 atom stereocenters. The fourth-order valence-electron chi connectivity index (χ4n) is 1.28. The van der Waals surface area contributed by atoms with E-state index in [1.807, 2.05) is 13.8 Å². The van der Waals surface area contributed by atoms with Gasteiger partial charge in [-0.05, 0) is 31.2 Å². The largest absolute Gasteiger partial charge is 0.389 e.